The van der Waals surface area contributed by atoms with Crippen molar-refractivity contribution in [3.8, 4) is 11.3 Å². The van der Waals surface area contributed by atoms with Crippen molar-refractivity contribution in [2.75, 3.05) is 39.4 Å². The van der Waals surface area contributed by atoms with Crippen molar-refractivity contribution in [2.24, 2.45) is 17.8 Å². The molecule has 2 fully saturated rings. The van der Waals surface area contributed by atoms with Gasteiger partial charge in [-0.25, -0.2) is 18.6 Å². The fourth-order valence-electron chi connectivity index (χ4n) is 7.71. The first kappa shape index (κ1) is 43.3. The van der Waals surface area contributed by atoms with Crippen LogP contribution in [-0.4, -0.2) is 94.3 Å². The Bertz CT molecular complexity index is 1840. The standard InChI is InChI=1S/C43H57F2N5O7/c1-7-8-12-19-46-40(52)35-26-49(42(54)57-43(4,5)6)24-32(35)25-50(41(53)28(2)56-29(3)51)38(31-17-20-55-21-18-31)39-47-37(34-22-33(44)15-16-36(34)45)27-48(39)23-30-13-10-9-11-14-30/h9-11,13-16,22,27-28,31-32,35,38H,7-8,12,17-21,23-26H2,1-6H3,(H,46,52)/t28-,32?,35?,38?/m0/s1. The number of benzene rings is 2. The van der Waals surface area contributed by atoms with E-state index in [4.69, 9.17) is 19.2 Å². The molecule has 3 aromatic rings. The Morgan fingerprint density at radius 3 is 2.42 bits per heavy atom. The van der Waals surface area contributed by atoms with Crippen LogP contribution in [0.15, 0.2) is 54.7 Å². The predicted octanol–water partition coefficient (Wildman–Crippen LogP) is 6.91. The van der Waals surface area contributed by atoms with Gasteiger partial charge in [-0.3, -0.25) is 14.4 Å². The van der Waals surface area contributed by atoms with Crippen molar-refractivity contribution < 1.29 is 42.2 Å². The summed E-state index contributed by atoms with van der Waals surface area (Å²) in [5.41, 5.74) is 0.264. The first-order valence-electron chi connectivity index (χ1n) is 20.0. The summed E-state index contributed by atoms with van der Waals surface area (Å²) in [7, 11) is 0. The van der Waals surface area contributed by atoms with Crippen molar-refractivity contribution in [3.63, 3.8) is 0 Å². The maximum atomic E-state index is 15.4. The zero-order valence-electron chi connectivity index (χ0n) is 34.0. The van der Waals surface area contributed by atoms with Gasteiger partial charge in [-0.1, -0.05) is 50.1 Å². The number of nitrogens with one attached hydrogen (secondary N) is 1. The summed E-state index contributed by atoms with van der Waals surface area (Å²) in [5.74, 6) is -3.77. The van der Waals surface area contributed by atoms with Crippen LogP contribution in [0.25, 0.3) is 11.3 Å². The van der Waals surface area contributed by atoms with Gasteiger partial charge in [0.15, 0.2) is 6.10 Å². The summed E-state index contributed by atoms with van der Waals surface area (Å²) >= 11 is 0. The van der Waals surface area contributed by atoms with Crippen LogP contribution in [0.5, 0.6) is 0 Å². The number of hydrogen-bond donors (Lipinski definition) is 1. The average Bonchev–Trinajstić information content (AvgIpc) is 3.78. The molecule has 2 aliphatic heterocycles. The maximum absolute atomic E-state index is 15.4. The van der Waals surface area contributed by atoms with Crippen molar-refractivity contribution >= 4 is 23.9 Å². The molecule has 12 nitrogen and oxygen atoms in total. The van der Waals surface area contributed by atoms with E-state index < -0.39 is 59.2 Å². The quantitative estimate of drug-likeness (QED) is 0.130. The summed E-state index contributed by atoms with van der Waals surface area (Å²) in [6.07, 6.45) is 3.67. The molecule has 3 unspecified atom stereocenters. The number of hydrogen-bond acceptors (Lipinski definition) is 8. The normalized spacial score (nSPS) is 18.5. The fraction of sp³-hybridized carbons (Fsp3) is 0.558. The molecule has 0 spiro atoms. The lowest BCUT2D eigenvalue weighted by Gasteiger charge is -2.41. The number of imidazole rings is 1. The number of ether oxygens (including phenoxy) is 3. The Kier molecular flexibility index (Phi) is 14.8. The Morgan fingerprint density at radius 2 is 1.75 bits per heavy atom. The van der Waals surface area contributed by atoms with Crippen LogP contribution in [0.2, 0.25) is 0 Å². The predicted molar refractivity (Wildman–Crippen MR) is 210 cm³/mol. The lowest BCUT2D eigenvalue weighted by molar-refractivity contribution is -0.160. The maximum Gasteiger partial charge on any atom is 0.410 e. The molecule has 57 heavy (non-hydrogen) atoms. The molecule has 310 valence electrons. The summed E-state index contributed by atoms with van der Waals surface area (Å²) in [6.45, 7) is 11.9. The summed E-state index contributed by atoms with van der Waals surface area (Å²) < 4.78 is 48.8. The number of halogens is 2. The number of likely N-dealkylation sites (tertiary alicyclic amines) is 1. The molecule has 0 aliphatic carbocycles. The Labute approximate surface area is 334 Å². The van der Waals surface area contributed by atoms with Crippen LogP contribution in [0.3, 0.4) is 0 Å². The summed E-state index contributed by atoms with van der Waals surface area (Å²) in [4.78, 5) is 62.7. The Hall–Kier alpha value is -4.85. The molecule has 4 atom stereocenters. The van der Waals surface area contributed by atoms with Crippen molar-refractivity contribution in [1.82, 2.24) is 24.7 Å². The molecule has 1 aromatic heterocycles. The van der Waals surface area contributed by atoms with E-state index in [1.54, 1.807) is 31.9 Å². The minimum absolute atomic E-state index is 0.0132. The molecule has 2 saturated heterocycles. The molecule has 14 heteroatoms. The van der Waals surface area contributed by atoms with Gasteiger partial charge < -0.3 is 33.9 Å². The minimum Gasteiger partial charge on any atom is -0.453 e. The molecule has 5 rings (SSSR count). The highest BCUT2D eigenvalue weighted by atomic mass is 19.1. The number of amides is 3. The minimum atomic E-state index is -1.22. The van der Waals surface area contributed by atoms with Gasteiger partial charge >= 0.3 is 12.1 Å². The van der Waals surface area contributed by atoms with Crippen LogP contribution < -0.4 is 5.32 Å². The molecular weight excluding hydrogens is 736 g/mol. The molecule has 0 saturated carbocycles. The Morgan fingerprint density at radius 1 is 1.04 bits per heavy atom. The van der Waals surface area contributed by atoms with Crippen LogP contribution >= 0.6 is 0 Å². The van der Waals surface area contributed by atoms with Crippen molar-refractivity contribution in [1.29, 1.82) is 0 Å². The topological polar surface area (TPSA) is 132 Å². The number of nitrogens with zero attached hydrogens (tertiary/aromatic N) is 4. The van der Waals surface area contributed by atoms with Gasteiger partial charge in [0.05, 0.1) is 17.7 Å². The van der Waals surface area contributed by atoms with E-state index in [1.807, 2.05) is 34.9 Å². The second-order valence-electron chi connectivity index (χ2n) is 16.1. The van der Waals surface area contributed by atoms with Gasteiger partial charge in [-0.15, -0.1) is 0 Å². The third-order valence-corrected chi connectivity index (χ3v) is 10.4. The molecule has 3 heterocycles. The monoisotopic (exact) mass is 793 g/mol. The molecule has 0 radical (unpaired) electrons. The zero-order chi connectivity index (χ0) is 41.3. The first-order chi connectivity index (χ1) is 27.1. The number of carbonyl (C=O) groups is 4. The van der Waals surface area contributed by atoms with Gasteiger partial charge in [0, 0.05) is 70.5 Å². The van der Waals surface area contributed by atoms with Gasteiger partial charge in [0.2, 0.25) is 5.91 Å². The molecule has 3 amide bonds. The van der Waals surface area contributed by atoms with E-state index in [0.717, 1.165) is 43.0 Å². The van der Waals surface area contributed by atoms with Crippen LogP contribution in [0, 0.1) is 29.4 Å². The zero-order valence-corrected chi connectivity index (χ0v) is 34.0. The number of carbonyl (C=O) groups excluding carboxylic acids is 4. The van der Waals surface area contributed by atoms with Crippen molar-refractivity contribution in [3.05, 3.63) is 77.8 Å². The van der Waals surface area contributed by atoms with Crippen LogP contribution in [0.4, 0.5) is 13.6 Å². The lowest BCUT2D eigenvalue weighted by Crippen LogP contribution is -2.50. The highest BCUT2D eigenvalue weighted by molar-refractivity contribution is 5.84. The van der Waals surface area contributed by atoms with E-state index in [2.05, 4.69) is 12.2 Å². The van der Waals surface area contributed by atoms with Gasteiger partial charge in [-0.2, -0.15) is 0 Å². The third kappa shape index (κ3) is 11.6. The molecule has 2 aromatic carbocycles. The number of aromatic nitrogens is 2. The second-order valence-corrected chi connectivity index (χ2v) is 16.1. The van der Waals surface area contributed by atoms with E-state index in [-0.39, 0.29) is 42.7 Å². The van der Waals surface area contributed by atoms with E-state index in [1.165, 1.54) is 18.7 Å². The van der Waals surface area contributed by atoms with Crippen LogP contribution in [-0.2, 0) is 35.1 Å². The van der Waals surface area contributed by atoms with E-state index >= 15 is 4.39 Å². The fourth-order valence-corrected chi connectivity index (χ4v) is 7.71. The largest absolute Gasteiger partial charge is 0.453 e. The van der Waals surface area contributed by atoms with Gasteiger partial charge in [0.25, 0.3) is 5.91 Å². The summed E-state index contributed by atoms with van der Waals surface area (Å²) in [6, 6.07) is 12.0. The third-order valence-electron chi connectivity index (χ3n) is 10.4. The molecule has 0 bridgehead atoms. The number of unbranched alkanes of at least 4 members (excludes halogenated alkanes) is 2. The highest BCUT2D eigenvalue weighted by Gasteiger charge is 2.46. The smallest absolute Gasteiger partial charge is 0.410 e. The second kappa shape index (κ2) is 19.5. The highest BCUT2D eigenvalue weighted by Crippen LogP contribution is 2.39. The van der Waals surface area contributed by atoms with E-state index in [0.29, 0.717) is 45.0 Å². The average molecular weight is 794 g/mol. The molecule has 2 aliphatic rings. The van der Waals surface area contributed by atoms with Crippen LogP contribution in [0.1, 0.15) is 91.1 Å². The number of esters is 1. The molecule has 1 N–H and O–H groups in total. The summed E-state index contributed by atoms with van der Waals surface area (Å²) in [5, 5.41) is 3.05. The Balaban J connectivity index is 1.65. The molecular formula is C43H57F2N5O7. The van der Waals surface area contributed by atoms with Gasteiger partial charge in [-0.05, 0) is 76.6 Å². The van der Waals surface area contributed by atoms with Crippen molar-refractivity contribution in [2.45, 2.75) is 97.9 Å². The SMILES string of the molecule is CCCCCNC(=O)C1CN(C(=O)OC(C)(C)C)CC1CN(C(=O)[C@H](C)OC(C)=O)C(c1nc(-c2cc(F)ccc2F)cn1Cc1ccccc1)C1CCOCC1. The first-order valence-corrected chi connectivity index (χ1v) is 20.0. The number of rotatable bonds is 15. The van der Waals surface area contributed by atoms with Gasteiger partial charge in [0.1, 0.15) is 23.1 Å². The van der Waals surface area contributed by atoms with E-state index in [9.17, 15) is 23.6 Å². The lowest BCUT2D eigenvalue weighted by atomic mass is 9.87.